The molecule has 6 heteroatoms. The van der Waals surface area contributed by atoms with Crippen LogP contribution in [0, 0.1) is 0 Å². The van der Waals surface area contributed by atoms with Gasteiger partial charge in [0.15, 0.2) is 10.6 Å². The van der Waals surface area contributed by atoms with Crippen LogP contribution in [0.15, 0.2) is 6.33 Å². The maximum Gasteiger partial charge on any atom is 0.275 e. The Kier molecular flexibility index (Phi) is 1.54. The lowest BCUT2D eigenvalue weighted by molar-refractivity contribution is 0.413. The summed E-state index contributed by atoms with van der Waals surface area (Å²) in [5.41, 5.74) is 6.17. The van der Waals surface area contributed by atoms with E-state index < -0.39 is 0 Å². The molecular weight excluding hydrogens is 176 g/mol. The van der Waals surface area contributed by atoms with Crippen molar-refractivity contribution in [2.45, 2.75) is 0 Å². The van der Waals surface area contributed by atoms with Crippen LogP contribution in [-0.4, -0.2) is 22.1 Å². The number of fused-ring (bicyclic) bond motifs is 1. The molecule has 0 saturated carbocycles. The Balaban J connectivity index is 2.74. The zero-order valence-corrected chi connectivity index (χ0v) is 7.13. The van der Waals surface area contributed by atoms with Gasteiger partial charge in [0.05, 0.1) is 7.11 Å². The Hall–Kier alpha value is -1.43. The van der Waals surface area contributed by atoms with E-state index in [1.807, 2.05) is 0 Å². The van der Waals surface area contributed by atoms with E-state index in [1.54, 1.807) is 7.11 Å². The molecule has 2 N–H and O–H groups in total. The second-order valence-electron chi connectivity index (χ2n) is 2.10. The number of ether oxygens (including phenoxy) is 1. The zero-order valence-electron chi connectivity index (χ0n) is 6.31. The third kappa shape index (κ3) is 0.964. The predicted molar refractivity (Wildman–Crippen MR) is 46.2 cm³/mol. The monoisotopic (exact) mass is 182 g/mol. The largest absolute Gasteiger partial charge is 0.473 e. The molecule has 0 amide bonds. The van der Waals surface area contributed by atoms with Gasteiger partial charge in [-0.3, -0.25) is 0 Å². The van der Waals surface area contributed by atoms with E-state index in [9.17, 15) is 0 Å². The van der Waals surface area contributed by atoms with E-state index in [0.717, 1.165) is 4.83 Å². The minimum Gasteiger partial charge on any atom is -0.473 e. The lowest BCUT2D eigenvalue weighted by Crippen LogP contribution is -1.91. The topological polar surface area (TPSA) is 73.9 Å². The van der Waals surface area contributed by atoms with Crippen LogP contribution in [0.25, 0.3) is 10.3 Å². The maximum absolute atomic E-state index is 5.56. The van der Waals surface area contributed by atoms with E-state index in [2.05, 4.69) is 15.0 Å². The molecule has 2 rings (SSSR count). The smallest absolute Gasteiger partial charge is 0.275 e. The molecule has 5 nitrogen and oxygen atoms in total. The lowest BCUT2D eigenvalue weighted by atomic mass is 10.5. The van der Waals surface area contributed by atoms with Crippen molar-refractivity contribution in [1.82, 2.24) is 15.0 Å². The fourth-order valence-electron chi connectivity index (χ4n) is 0.839. The van der Waals surface area contributed by atoms with Crippen LogP contribution in [0.1, 0.15) is 0 Å². The van der Waals surface area contributed by atoms with Gasteiger partial charge >= 0.3 is 0 Å². The van der Waals surface area contributed by atoms with Gasteiger partial charge in [-0.2, -0.15) is 4.98 Å². The fourth-order valence-corrected chi connectivity index (χ4v) is 1.57. The molecule has 0 atom stereocenters. The molecule has 2 aromatic heterocycles. The lowest BCUT2D eigenvalue weighted by Gasteiger charge is -1.88. The van der Waals surface area contributed by atoms with Gasteiger partial charge in [-0.1, -0.05) is 11.3 Å². The minimum absolute atomic E-state index is 0.388. The first kappa shape index (κ1) is 7.23. The molecule has 0 aliphatic heterocycles. The summed E-state index contributed by atoms with van der Waals surface area (Å²) in [5, 5.41) is 0.553. The van der Waals surface area contributed by atoms with Crippen molar-refractivity contribution in [3.8, 4) is 5.19 Å². The summed E-state index contributed by atoms with van der Waals surface area (Å²) < 4.78 is 4.94. The summed E-state index contributed by atoms with van der Waals surface area (Å²) in [6.45, 7) is 0. The molecule has 2 heterocycles. The normalized spacial score (nSPS) is 10.4. The average Bonchev–Trinajstić information content (AvgIpc) is 2.49. The highest BCUT2D eigenvalue weighted by Gasteiger charge is 2.07. The van der Waals surface area contributed by atoms with Crippen LogP contribution < -0.4 is 10.5 Å². The first-order valence-corrected chi connectivity index (χ1v) is 4.04. The Morgan fingerprint density at radius 2 is 2.33 bits per heavy atom. The second kappa shape index (κ2) is 2.56. The molecular formula is C6H6N4OS. The van der Waals surface area contributed by atoms with Crippen molar-refractivity contribution in [3.63, 3.8) is 0 Å². The molecule has 12 heavy (non-hydrogen) atoms. The van der Waals surface area contributed by atoms with Gasteiger partial charge in [0.1, 0.15) is 11.8 Å². The Bertz CT molecular complexity index is 413. The van der Waals surface area contributed by atoms with Crippen LogP contribution >= 0.6 is 11.3 Å². The zero-order chi connectivity index (χ0) is 8.55. The molecule has 0 spiro atoms. The standard InChI is InChI=1S/C6H6N4OS/c1-11-6-10-3-4(7)8-2-9-5(3)12-6/h2H,1H3,(H2,7,8,9). The summed E-state index contributed by atoms with van der Waals surface area (Å²) in [7, 11) is 1.56. The minimum atomic E-state index is 0.388. The highest BCUT2D eigenvalue weighted by molar-refractivity contribution is 7.19. The van der Waals surface area contributed by atoms with Crippen LogP contribution in [0.2, 0.25) is 0 Å². The van der Waals surface area contributed by atoms with Crippen molar-refractivity contribution in [2.24, 2.45) is 0 Å². The number of nitrogen functional groups attached to an aromatic ring is 1. The van der Waals surface area contributed by atoms with E-state index >= 15 is 0 Å². The van der Waals surface area contributed by atoms with Gasteiger partial charge in [0, 0.05) is 0 Å². The average molecular weight is 182 g/mol. The summed E-state index contributed by atoms with van der Waals surface area (Å²) in [6, 6.07) is 0. The van der Waals surface area contributed by atoms with E-state index in [1.165, 1.54) is 17.7 Å². The van der Waals surface area contributed by atoms with Gasteiger partial charge < -0.3 is 10.5 Å². The molecule has 0 aliphatic rings. The molecule has 62 valence electrons. The third-order valence-electron chi connectivity index (χ3n) is 1.38. The predicted octanol–water partition coefficient (Wildman–Crippen LogP) is 0.677. The number of hydrogen-bond acceptors (Lipinski definition) is 6. The summed E-state index contributed by atoms with van der Waals surface area (Å²) in [6.07, 6.45) is 1.41. The van der Waals surface area contributed by atoms with Crippen LogP contribution in [0.3, 0.4) is 0 Å². The number of rotatable bonds is 1. The van der Waals surface area contributed by atoms with Gasteiger partial charge in [-0.25, -0.2) is 9.97 Å². The summed E-state index contributed by atoms with van der Waals surface area (Å²) in [4.78, 5) is 12.6. The maximum atomic E-state index is 5.56. The third-order valence-corrected chi connectivity index (χ3v) is 2.30. The van der Waals surface area contributed by atoms with Gasteiger partial charge in [0.25, 0.3) is 5.19 Å². The number of anilines is 1. The quantitative estimate of drug-likeness (QED) is 0.701. The Labute approximate surface area is 72.2 Å². The molecule has 0 aliphatic carbocycles. The second-order valence-corrected chi connectivity index (χ2v) is 3.04. The first-order chi connectivity index (χ1) is 5.81. The number of nitrogens with two attached hydrogens (primary N) is 1. The van der Waals surface area contributed by atoms with Gasteiger partial charge in [-0.15, -0.1) is 0 Å². The molecule has 0 unspecified atom stereocenters. The Morgan fingerprint density at radius 3 is 3.00 bits per heavy atom. The van der Waals surface area contributed by atoms with E-state index in [4.69, 9.17) is 10.5 Å². The summed E-state index contributed by atoms with van der Waals surface area (Å²) in [5.74, 6) is 0.388. The Morgan fingerprint density at radius 1 is 1.50 bits per heavy atom. The molecule has 0 saturated heterocycles. The van der Waals surface area contributed by atoms with E-state index in [-0.39, 0.29) is 0 Å². The number of methoxy groups -OCH3 is 1. The van der Waals surface area contributed by atoms with Crippen molar-refractivity contribution in [2.75, 3.05) is 12.8 Å². The number of thiazole rings is 1. The summed E-state index contributed by atoms with van der Waals surface area (Å²) >= 11 is 1.35. The highest BCUT2D eigenvalue weighted by atomic mass is 32.1. The van der Waals surface area contributed by atoms with Crippen LogP contribution in [-0.2, 0) is 0 Å². The van der Waals surface area contributed by atoms with Gasteiger partial charge in [0.2, 0.25) is 0 Å². The van der Waals surface area contributed by atoms with Crippen molar-refractivity contribution >= 4 is 27.5 Å². The highest BCUT2D eigenvalue weighted by Crippen LogP contribution is 2.27. The van der Waals surface area contributed by atoms with Crippen LogP contribution in [0.4, 0.5) is 5.82 Å². The first-order valence-electron chi connectivity index (χ1n) is 3.22. The fraction of sp³-hybridized carbons (Fsp3) is 0.167. The van der Waals surface area contributed by atoms with Crippen molar-refractivity contribution in [1.29, 1.82) is 0 Å². The number of hydrogen-bond donors (Lipinski definition) is 1. The molecule has 0 bridgehead atoms. The van der Waals surface area contributed by atoms with Crippen molar-refractivity contribution in [3.05, 3.63) is 6.33 Å². The molecule has 0 radical (unpaired) electrons. The molecule has 2 aromatic rings. The van der Waals surface area contributed by atoms with E-state index in [0.29, 0.717) is 16.5 Å². The SMILES string of the molecule is COc1nc2c(N)ncnc2s1. The van der Waals surface area contributed by atoms with Crippen molar-refractivity contribution < 1.29 is 4.74 Å². The van der Waals surface area contributed by atoms with Gasteiger partial charge in [-0.05, 0) is 0 Å². The molecule has 0 fully saturated rings. The number of aromatic nitrogens is 3. The molecule has 0 aromatic carbocycles. The van der Waals surface area contributed by atoms with Crippen LogP contribution in [0.5, 0.6) is 5.19 Å². The number of nitrogens with zero attached hydrogens (tertiary/aromatic N) is 3.